The van der Waals surface area contributed by atoms with Crippen molar-refractivity contribution in [1.29, 1.82) is 0 Å². The Balaban J connectivity index is 1.89. The number of amides is 2. The van der Waals surface area contributed by atoms with Crippen molar-refractivity contribution in [1.82, 2.24) is 20.4 Å². The molecule has 2 aromatic rings. The maximum absolute atomic E-state index is 13.5. The summed E-state index contributed by atoms with van der Waals surface area (Å²) in [4.78, 5) is 23.5. The third-order valence-electron chi connectivity index (χ3n) is 3.86. The molecule has 0 spiro atoms. The van der Waals surface area contributed by atoms with Crippen molar-refractivity contribution in [2.45, 2.75) is 24.9 Å². The van der Waals surface area contributed by atoms with Crippen molar-refractivity contribution in [3.8, 4) is 0 Å². The van der Waals surface area contributed by atoms with Gasteiger partial charge in [0.1, 0.15) is 12.4 Å². The second-order valence-electron chi connectivity index (χ2n) is 5.98. The minimum atomic E-state index is -4.48. The number of aromatic nitrogens is 2. The Hall–Kier alpha value is -2.82. The Morgan fingerprint density at radius 1 is 1.43 bits per heavy atom. The molecule has 28 heavy (non-hydrogen) atoms. The van der Waals surface area contributed by atoms with E-state index in [1.54, 1.807) is 0 Å². The minimum absolute atomic E-state index is 0.0606. The van der Waals surface area contributed by atoms with Gasteiger partial charge in [-0.2, -0.15) is 18.3 Å². The Bertz CT molecular complexity index is 902. The fraction of sp³-hybridized carbons (Fsp3) is 0.312. The monoisotopic (exact) mass is 420 g/mol. The number of hydrogen-bond donors (Lipinski definition) is 2. The van der Waals surface area contributed by atoms with Gasteiger partial charge in [-0.3, -0.25) is 9.48 Å². The summed E-state index contributed by atoms with van der Waals surface area (Å²) in [5.74, 6) is -1.38. The number of benzene rings is 1. The third kappa shape index (κ3) is 4.71. The molecule has 2 N–H and O–H groups in total. The van der Waals surface area contributed by atoms with Crippen molar-refractivity contribution in [3.63, 3.8) is 0 Å². The van der Waals surface area contributed by atoms with Crippen LogP contribution >= 0.6 is 11.6 Å². The zero-order valence-electron chi connectivity index (χ0n) is 14.0. The molecule has 150 valence electrons. The first-order chi connectivity index (χ1) is 13.1. The number of carbonyl (C=O) groups excluding carboxylic acids is 2. The van der Waals surface area contributed by atoms with E-state index in [1.807, 2.05) is 0 Å². The predicted molar refractivity (Wildman–Crippen MR) is 87.9 cm³/mol. The molecule has 0 saturated carbocycles. The maximum atomic E-state index is 13.5. The summed E-state index contributed by atoms with van der Waals surface area (Å²) >= 11 is 5.78. The lowest BCUT2D eigenvalue weighted by atomic mass is 10.0. The number of halogens is 5. The number of hydrogen-bond acceptors (Lipinski definition) is 4. The van der Waals surface area contributed by atoms with Crippen LogP contribution in [0.5, 0.6) is 0 Å². The highest BCUT2D eigenvalue weighted by Crippen LogP contribution is 2.27. The zero-order chi connectivity index (χ0) is 20.5. The van der Waals surface area contributed by atoms with Crippen molar-refractivity contribution >= 4 is 23.6 Å². The van der Waals surface area contributed by atoms with E-state index in [4.69, 9.17) is 16.3 Å². The molecule has 2 atom stereocenters. The van der Waals surface area contributed by atoms with Gasteiger partial charge in [0.05, 0.1) is 23.8 Å². The molecule has 1 aliphatic heterocycles. The standard InChI is InChI=1S/C16H13ClF4N4O3/c17-10-3-8(1-2-11(10)18)13(24-14(26)12-5-22-15(27)28-12)9-4-23-25(6-9)7-16(19,20)21/h1-4,6,12-13H,5,7H2,(H,22,27)(H,24,26)/t12-,13+/m0/s1. The largest absolute Gasteiger partial charge is 0.434 e. The van der Waals surface area contributed by atoms with E-state index in [1.165, 1.54) is 12.1 Å². The molecule has 0 aliphatic carbocycles. The number of carbonyl (C=O) groups is 2. The van der Waals surface area contributed by atoms with Crippen LogP contribution in [0.15, 0.2) is 30.6 Å². The molecule has 2 amide bonds. The lowest BCUT2D eigenvalue weighted by Crippen LogP contribution is -2.39. The predicted octanol–water partition coefficient (Wildman–Crippen LogP) is 2.55. The van der Waals surface area contributed by atoms with E-state index in [0.717, 1.165) is 18.5 Å². The van der Waals surface area contributed by atoms with Gasteiger partial charge >= 0.3 is 12.3 Å². The van der Waals surface area contributed by atoms with Crippen LogP contribution in [0.2, 0.25) is 5.02 Å². The van der Waals surface area contributed by atoms with Gasteiger partial charge in [-0.15, -0.1) is 0 Å². The molecule has 0 unspecified atom stereocenters. The van der Waals surface area contributed by atoms with E-state index < -0.39 is 42.7 Å². The van der Waals surface area contributed by atoms with Gasteiger partial charge < -0.3 is 15.4 Å². The SMILES string of the molecule is O=C1NC[C@@H](C(=O)N[C@H](c2ccc(F)c(Cl)c2)c2cnn(CC(F)(F)F)c2)O1. The molecule has 1 fully saturated rings. The first-order valence-electron chi connectivity index (χ1n) is 7.91. The van der Waals surface area contributed by atoms with E-state index in [9.17, 15) is 27.2 Å². The molecule has 0 radical (unpaired) electrons. The van der Waals surface area contributed by atoms with Gasteiger partial charge in [-0.25, -0.2) is 9.18 Å². The van der Waals surface area contributed by atoms with Crippen molar-refractivity contribution < 1.29 is 31.9 Å². The zero-order valence-corrected chi connectivity index (χ0v) is 14.7. The molecular formula is C16H13ClF4N4O3. The first kappa shape index (κ1) is 19.9. The second kappa shape index (κ2) is 7.66. The number of alkyl carbamates (subject to hydrolysis) is 1. The maximum Gasteiger partial charge on any atom is 0.408 e. The van der Waals surface area contributed by atoms with Gasteiger partial charge in [0.15, 0.2) is 6.10 Å². The summed E-state index contributed by atoms with van der Waals surface area (Å²) in [6, 6.07) is 2.63. The third-order valence-corrected chi connectivity index (χ3v) is 4.15. The van der Waals surface area contributed by atoms with Crippen LogP contribution in [0.4, 0.5) is 22.4 Å². The summed E-state index contributed by atoms with van der Waals surface area (Å²) in [6.07, 6.45) is -4.11. The summed E-state index contributed by atoms with van der Waals surface area (Å²) in [5, 5.41) is 8.30. The molecule has 1 aliphatic rings. The number of alkyl halides is 3. The molecule has 1 saturated heterocycles. The highest BCUT2D eigenvalue weighted by atomic mass is 35.5. The summed E-state index contributed by atoms with van der Waals surface area (Å²) in [7, 11) is 0. The fourth-order valence-corrected chi connectivity index (χ4v) is 2.81. The van der Waals surface area contributed by atoms with Crippen LogP contribution in [-0.4, -0.2) is 40.6 Å². The number of rotatable bonds is 5. The van der Waals surface area contributed by atoms with E-state index in [2.05, 4.69) is 15.7 Å². The molecule has 7 nitrogen and oxygen atoms in total. The van der Waals surface area contributed by atoms with Gasteiger partial charge in [0, 0.05) is 11.8 Å². The molecule has 12 heteroatoms. The Kier molecular flexibility index (Phi) is 5.45. The highest BCUT2D eigenvalue weighted by molar-refractivity contribution is 6.30. The molecule has 1 aromatic carbocycles. The van der Waals surface area contributed by atoms with Crippen molar-refractivity contribution in [3.05, 3.63) is 52.6 Å². The van der Waals surface area contributed by atoms with Crippen LogP contribution < -0.4 is 10.6 Å². The average molecular weight is 421 g/mol. The Morgan fingerprint density at radius 3 is 2.79 bits per heavy atom. The Morgan fingerprint density at radius 2 is 2.18 bits per heavy atom. The van der Waals surface area contributed by atoms with Crippen LogP contribution in [-0.2, 0) is 16.1 Å². The number of nitrogens with zero attached hydrogens (tertiary/aromatic N) is 2. The van der Waals surface area contributed by atoms with Gasteiger partial charge in [0.25, 0.3) is 5.91 Å². The topological polar surface area (TPSA) is 85.3 Å². The van der Waals surface area contributed by atoms with Crippen LogP contribution in [0, 0.1) is 5.82 Å². The van der Waals surface area contributed by atoms with Crippen molar-refractivity contribution in [2.75, 3.05) is 6.54 Å². The Labute approximate surface area is 160 Å². The molecule has 0 bridgehead atoms. The first-order valence-corrected chi connectivity index (χ1v) is 8.29. The smallest absolute Gasteiger partial charge is 0.408 e. The average Bonchev–Trinajstić information content (AvgIpc) is 3.23. The molecular weight excluding hydrogens is 408 g/mol. The van der Waals surface area contributed by atoms with Crippen LogP contribution in [0.1, 0.15) is 17.2 Å². The lowest BCUT2D eigenvalue weighted by molar-refractivity contribution is -0.142. The van der Waals surface area contributed by atoms with Gasteiger partial charge in [0.2, 0.25) is 0 Å². The van der Waals surface area contributed by atoms with Crippen molar-refractivity contribution in [2.24, 2.45) is 0 Å². The lowest BCUT2D eigenvalue weighted by Gasteiger charge is -2.20. The number of nitrogens with one attached hydrogen (secondary N) is 2. The summed E-state index contributed by atoms with van der Waals surface area (Å²) < 4.78 is 56.7. The fourth-order valence-electron chi connectivity index (χ4n) is 2.62. The van der Waals surface area contributed by atoms with E-state index in [0.29, 0.717) is 10.2 Å². The summed E-state index contributed by atoms with van der Waals surface area (Å²) in [5.41, 5.74) is 0.515. The molecule has 2 heterocycles. The van der Waals surface area contributed by atoms with Gasteiger partial charge in [-0.1, -0.05) is 17.7 Å². The molecule has 1 aromatic heterocycles. The minimum Gasteiger partial charge on any atom is -0.434 e. The normalized spacial score (nSPS) is 17.8. The van der Waals surface area contributed by atoms with Crippen LogP contribution in [0.25, 0.3) is 0 Å². The van der Waals surface area contributed by atoms with Gasteiger partial charge in [-0.05, 0) is 17.7 Å². The molecule has 3 rings (SSSR count). The summed E-state index contributed by atoms with van der Waals surface area (Å²) in [6.45, 7) is -1.38. The number of ether oxygens (including phenoxy) is 1. The second-order valence-corrected chi connectivity index (χ2v) is 6.38. The van der Waals surface area contributed by atoms with E-state index >= 15 is 0 Å². The quantitative estimate of drug-likeness (QED) is 0.728. The number of cyclic esters (lactones) is 1. The van der Waals surface area contributed by atoms with Crippen LogP contribution in [0.3, 0.4) is 0 Å². The highest BCUT2D eigenvalue weighted by Gasteiger charge is 2.33. The van der Waals surface area contributed by atoms with E-state index in [-0.39, 0.29) is 17.1 Å².